The Labute approximate surface area is 181 Å². The van der Waals surface area contributed by atoms with Crippen LogP contribution < -0.4 is 15.8 Å². The molecule has 1 N–H and O–H groups in total. The number of carbonyl (C=O) groups excluding carboxylic acids is 1. The van der Waals surface area contributed by atoms with Crippen LogP contribution in [0.3, 0.4) is 0 Å². The van der Waals surface area contributed by atoms with E-state index in [-0.39, 0.29) is 23.9 Å². The number of nitrogens with one attached hydrogen (secondary N) is 1. The van der Waals surface area contributed by atoms with E-state index < -0.39 is 0 Å². The molecular weight excluding hydrogens is 394 g/mol. The molecule has 0 aliphatic carbocycles. The largest absolute Gasteiger partial charge is 0.367 e. The number of rotatable bonds is 6. The molecule has 4 heterocycles. The molecule has 1 aliphatic heterocycles. The monoisotopic (exact) mass is 423 g/mol. The number of amides is 1. The third-order valence-corrected chi connectivity index (χ3v) is 5.80. The second kappa shape index (κ2) is 8.49. The van der Waals surface area contributed by atoms with Crippen molar-refractivity contribution < 1.29 is 4.79 Å². The van der Waals surface area contributed by atoms with Crippen molar-refractivity contribution in [1.29, 1.82) is 0 Å². The van der Waals surface area contributed by atoms with Gasteiger partial charge in [-0.25, -0.2) is 4.68 Å². The number of anilines is 2. The van der Waals surface area contributed by atoms with Crippen molar-refractivity contribution in [3.8, 4) is 0 Å². The van der Waals surface area contributed by atoms with Gasteiger partial charge >= 0.3 is 0 Å². The van der Waals surface area contributed by atoms with Crippen molar-refractivity contribution >= 4 is 22.9 Å². The molecule has 0 saturated carbocycles. The average Bonchev–Trinajstić information content (AvgIpc) is 3.37. The fourth-order valence-electron chi connectivity index (χ4n) is 4.27. The Bertz CT molecular complexity index is 1150. The van der Waals surface area contributed by atoms with E-state index in [1.54, 1.807) is 35.1 Å². The number of carbonyl (C=O) groups is 1. The molecule has 0 radical (unpaired) electrons. The lowest BCUT2D eigenvalue weighted by Gasteiger charge is -2.31. The molecule has 9 heteroatoms. The Morgan fingerprint density at radius 3 is 2.81 bits per heavy atom. The van der Waals surface area contributed by atoms with Gasteiger partial charge in [0.25, 0.3) is 5.56 Å². The summed E-state index contributed by atoms with van der Waals surface area (Å²) in [6.45, 7) is 9.35. The Morgan fingerprint density at radius 1 is 1.26 bits per heavy atom. The molecule has 1 fully saturated rings. The lowest BCUT2D eigenvalue weighted by atomic mass is 10.0. The van der Waals surface area contributed by atoms with Gasteiger partial charge in [0.2, 0.25) is 5.91 Å². The van der Waals surface area contributed by atoms with E-state index in [0.29, 0.717) is 23.3 Å². The molecule has 4 rings (SSSR count). The molecule has 1 amide bonds. The molecule has 1 aliphatic rings. The van der Waals surface area contributed by atoms with Gasteiger partial charge < -0.3 is 10.2 Å². The van der Waals surface area contributed by atoms with Crippen molar-refractivity contribution in [3.63, 3.8) is 0 Å². The number of nitrogens with zero attached hydrogens (tertiary/aromatic N) is 6. The SMILES string of the molecule is CC(C)c1nn(CC(=O)Nc2ccc3nncn3c2)c(=O)cc1N1CCCC1C(C)C. The van der Waals surface area contributed by atoms with Crippen LogP contribution in [-0.4, -0.2) is 42.9 Å². The summed E-state index contributed by atoms with van der Waals surface area (Å²) >= 11 is 0. The predicted molar refractivity (Wildman–Crippen MR) is 119 cm³/mol. The summed E-state index contributed by atoms with van der Waals surface area (Å²) in [6.07, 6.45) is 5.53. The van der Waals surface area contributed by atoms with Crippen LogP contribution in [0.5, 0.6) is 0 Å². The van der Waals surface area contributed by atoms with Crippen LogP contribution in [0.25, 0.3) is 5.65 Å². The van der Waals surface area contributed by atoms with Gasteiger partial charge in [-0.3, -0.25) is 14.0 Å². The van der Waals surface area contributed by atoms with Gasteiger partial charge in [0.15, 0.2) is 5.65 Å². The quantitative estimate of drug-likeness (QED) is 0.655. The third-order valence-electron chi connectivity index (χ3n) is 5.80. The first-order chi connectivity index (χ1) is 14.8. The molecule has 1 atom stereocenters. The number of fused-ring (bicyclic) bond motifs is 1. The van der Waals surface area contributed by atoms with Gasteiger partial charge in [-0.15, -0.1) is 10.2 Å². The van der Waals surface area contributed by atoms with Crippen LogP contribution in [0.2, 0.25) is 0 Å². The maximum absolute atomic E-state index is 12.8. The lowest BCUT2D eigenvalue weighted by molar-refractivity contribution is -0.117. The second-order valence-corrected chi connectivity index (χ2v) is 8.77. The van der Waals surface area contributed by atoms with Crippen molar-refractivity contribution in [2.24, 2.45) is 5.92 Å². The van der Waals surface area contributed by atoms with Gasteiger partial charge in [0, 0.05) is 24.8 Å². The fourth-order valence-corrected chi connectivity index (χ4v) is 4.27. The maximum Gasteiger partial charge on any atom is 0.269 e. The summed E-state index contributed by atoms with van der Waals surface area (Å²) in [5, 5.41) is 15.2. The molecule has 1 saturated heterocycles. The summed E-state index contributed by atoms with van der Waals surface area (Å²) in [6, 6.07) is 5.57. The van der Waals surface area contributed by atoms with E-state index in [4.69, 9.17) is 0 Å². The van der Waals surface area contributed by atoms with Crippen LogP contribution in [0.1, 0.15) is 52.1 Å². The van der Waals surface area contributed by atoms with Gasteiger partial charge in [0.1, 0.15) is 12.9 Å². The molecule has 0 aromatic carbocycles. The van der Waals surface area contributed by atoms with Crippen LogP contribution in [-0.2, 0) is 11.3 Å². The van der Waals surface area contributed by atoms with Gasteiger partial charge in [0.05, 0.1) is 17.1 Å². The Hall–Kier alpha value is -3.23. The maximum atomic E-state index is 12.8. The first-order valence-corrected chi connectivity index (χ1v) is 10.8. The Morgan fingerprint density at radius 2 is 2.06 bits per heavy atom. The molecule has 3 aromatic heterocycles. The summed E-state index contributed by atoms with van der Waals surface area (Å²) in [5.41, 5.74) is 2.78. The van der Waals surface area contributed by atoms with E-state index in [1.807, 2.05) is 0 Å². The lowest BCUT2D eigenvalue weighted by Crippen LogP contribution is -2.37. The fraction of sp³-hybridized carbons (Fsp3) is 0.500. The Kier molecular flexibility index (Phi) is 5.75. The zero-order valence-corrected chi connectivity index (χ0v) is 18.4. The topological polar surface area (TPSA) is 97.4 Å². The summed E-state index contributed by atoms with van der Waals surface area (Å²) in [4.78, 5) is 27.8. The van der Waals surface area contributed by atoms with Gasteiger partial charge in [-0.1, -0.05) is 27.7 Å². The third kappa shape index (κ3) is 4.30. The summed E-state index contributed by atoms with van der Waals surface area (Å²) in [5.74, 6) is 0.318. The molecular formula is C22H29N7O2. The van der Waals surface area contributed by atoms with Crippen molar-refractivity contribution in [3.05, 3.63) is 46.8 Å². The smallest absolute Gasteiger partial charge is 0.269 e. The molecule has 31 heavy (non-hydrogen) atoms. The molecule has 1 unspecified atom stereocenters. The first kappa shape index (κ1) is 21.0. The Balaban J connectivity index is 1.57. The minimum absolute atomic E-state index is 0.134. The zero-order valence-electron chi connectivity index (χ0n) is 18.4. The molecule has 0 bridgehead atoms. The van der Waals surface area contributed by atoms with E-state index in [1.165, 1.54) is 4.68 Å². The number of pyridine rings is 1. The zero-order chi connectivity index (χ0) is 22.1. The van der Waals surface area contributed by atoms with Gasteiger partial charge in [-0.05, 0) is 36.8 Å². The number of hydrogen-bond donors (Lipinski definition) is 1. The molecule has 9 nitrogen and oxygen atoms in total. The van der Waals surface area contributed by atoms with Crippen LogP contribution in [0, 0.1) is 5.92 Å². The van der Waals surface area contributed by atoms with E-state index in [0.717, 1.165) is 30.8 Å². The predicted octanol–water partition coefficient (Wildman–Crippen LogP) is 2.67. The van der Waals surface area contributed by atoms with Crippen LogP contribution >= 0.6 is 0 Å². The van der Waals surface area contributed by atoms with E-state index in [9.17, 15) is 9.59 Å². The summed E-state index contributed by atoms with van der Waals surface area (Å²) < 4.78 is 2.97. The van der Waals surface area contributed by atoms with Crippen molar-refractivity contribution in [1.82, 2.24) is 24.4 Å². The standard InChI is InChI=1S/C22H29N7O2/c1-14(2)17-6-5-9-28(17)18-10-21(31)29(26-22(18)15(3)4)12-20(30)24-16-7-8-19-25-23-13-27(19)11-16/h7-8,10-11,13-15,17H,5-6,9,12H2,1-4H3,(H,24,30). The van der Waals surface area contributed by atoms with Crippen LogP contribution in [0.4, 0.5) is 11.4 Å². The highest BCUT2D eigenvalue weighted by atomic mass is 16.2. The highest BCUT2D eigenvalue weighted by molar-refractivity contribution is 5.90. The number of aromatic nitrogens is 5. The molecule has 164 valence electrons. The molecule has 3 aromatic rings. The van der Waals surface area contributed by atoms with Gasteiger partial charge in [-0.2, -0.15) is 5.10 Å². The van der Waals surface area contributed by atoms with E-state index >= 15 is 0 Å². The average molecular weight is 424 g/mol. The van der Waals surface area contributed by atoms with Crippen molar-refractivity contribution in [2.75, 3.05) is 16.8 Å². The molecule has 0 spiro atoms. The highest BCUT2D eigenvalue weighted by Gasteiger charge is 2.30. The minimum atomic E-state index is -0.314. The van der Waals surface area contributed by atoms with E-state index in [2.05, 4.69) is 53.2 Å². The normalized spacial score (nSPS) is 16.6. The highest BCUT2D eigenvalue weighted by Crippen LogP contribution is 2.33. The number of hydrogen-bond acceptors (Lipinski definition) is 6. The minimum Gasteiger partial charge on any atom is -0.367 e. The first-order valence-electron chi connectivity index (χ1n) is 10.8. The summed E-state index contributed by atoms with van der Waals surface area (Å²) in [7, 11) is 0. The second-order valence-electron chi connectivity index (χ2n) is 8.77. The van der Waals surface area contributed by atoms with Crippen molar-refractivity contribution in [2.45, 2.75) is 59.0 Å². The van der Waals surface area contributed by atoms with Crippen LogP contribution in [0.15, 0.2) is 35.5 Å².